The van der Waals surface area contributed by atoms with Crippen LogP contribution in [0, 0.1) is 17.3 Å². The number of ketones is 1. The van der Waals surface area contributed by atoms with Gasteiger partial charge in [-0.3, -0.25) is 9.59 Å². The molecule has 1 fully saturated rings. The first-order valence-corrected chi connectivity index (χ1v) is 8.08. The molecule has 0 aromatic heterocycles. The molecule has 0 spiro atoms. The Morgan fingerprint density at radius 1 is 0.952 bits per heavy atom. The van der Waals surface area contributed by atoms with Gasteiger partial charge in [-0.25, -0.2) is 0 Å². The minimum absolute atomic E-state index is 0.0898. The molecule has 0 bridgehead atoms. The summed E-state index contributed by atoms with van der Waals surface area (Å²) in [5.41, 5.74) is -0.358. The lowest BCUT2D eigenvalue weighted by atomic mass is 9.70. The number of likely N-dealkylation sites (N-methyl/N-ethyl adjacent to an activating group) is 2. The fourth-order valence-corrected chi connectivity index (χ4v) is 3.04. The van der Waals surface area contributed by atoms with E-state index in [9.17, 15) is 9.59 Å². The van der Waals surface area contributed by atoms with Crippen LogP contribution in [0.4, 0.5) is 0 Å². The topological polar surface area (TPSA) is 40.6 Å². The van der Waals surface area contributed by atoms with E-state index in [0.29, 0.717) is 0 Å². The highest BCUT2D eigenvalue weighted by Crippen LogP contribution is 2.36. The van der Waals surface area contributed by atoms with Gasteiger partial charge in [0.05, 0.1) is 0 Å². The third kappa shape index (κ3) is 5.10. The number of nitrogens with zero attached hydrogens (tertiary/aromatic N) is 2. The van der Waals surface area contributed by atoms with E-state index in [1.54, 1.807) is 4.90 Å². The van der Waals surface area contributed by atoms with Crippen molar-refractivity contribution in [3.8, 4) is 0 Å². The smallest absolute Gasteiger partial charge is 0.226 e. The molecule has 1 unspecified atom stereocenters. The zero-order valence-electron chi connectivity index (χ0n) is 14.6. The highest BCUT2D eigenvalue weighted by atomic mass is 16.2. The summed E-state index contributed by atoms with van der Waals surface area (Å²) in [5, 5.41) is 0. The summed E-state index contributed by atoms with van der Waals surface area (Å²) in [5.74, 6) is 0.200. The quantitative estimate of drug-likeness (QED) is 0.782. The Morgan fingerprint density at radius 3 is 1.95 bits per heavy atom. The van der Waals surface area contributed by atoms with E-state index in [2.05, 4.69) is 4.90 Å². The largest absolute Gasteiger partial charge is 0.344 e. The van der Waals surface area contributed by atoms with Crippen LogP contribution in [0.2, 0.25) is 0 Å². The van der Waals surface area contributed by atoms with Crippen molar-refractivity contribution < 1.29 is 9.59 Å². The van der Waals surface area contributed by atoms with Crippen LogP contribution in [-0.4, -0.2) is 55.7 Å². The summed E-state index contributed by atoms with van der Waals surface area (Å²) in [4.78, 5) is 29.2. The highest BCUT2D eigenvalue weighted by molar-refractivity contribution is 5.91. The number of carbonyl (C=O) groups is 2. The Labute approximate surface area is 129 Å². The van der Waals surface area contributed by atoms with Crippen LogP contribution in [0.1, 0.15) is 46.5 Å². The Balaban J connectivity index is 2.76. The molecule has 122 valence electrons. The lowest BCUT2D eigenvalue weighted by Crippen LogP contribution is -2.45. The Morgan fingerprint density at radius 2 is 1.48 bits per heavy atom. The predicted molar refractivity (Wildman–Crippen MR) is 86.1 cm³/mol. The van der Waals surface area contributed by atoms with Gasteiger partial charge in [-0.2, -0.15) is 0 Å². The van der Waals surface area contributed by atoms with Crippen molar-refractivity contribution in [2.75, 3.05) is 34.2 Å². The maximum Gasteiger partial charge on any atom is 0.226 e. The van der Waals surface area contributed by atoms with E-state index >= 15 is 0 Å². The molecule has 0 aliphatic heterocycles. The van der Waals surface area contributed by atoms with Crippen molar-refractivity contribution in [3.05, 3.63) is 0 Å². The minimum Gasteiger partial charge on any atom is -0.344 e. The molecule has 0 aromatic carbocycles. The summed E-state index contributed by atoms with van der Waals surface area (Å²) in [7, 11) is 5.87. The summed E-state index contributed by atoms with van der Waals surface area (Å²) < 4.78 is 0. The zero-order chi connectivity index (χ0) is 16.2. The van der Waals surface area contributed by atoms with Crippen LogP contribution in [0.5, 0.6) is 0 Å². The molecule has 1 rings (SSSR count). The van der Waals surface area contributed by atoms with Crippen LogP contribution < -0.4 is 0 Å². The van der Waals surface area contributed by atoms with E-state index in [1.165, 1.54) is 0 Å². The minimum atomic E-state index is -0.358. The van der Waals surface area contributed by atoms with E-state index in [1.807, 2.05) is 41.9 Å². The Bertz CT molecular complexity index is 371. The average molecular weight is 296 g/mol. The molecule has 21 heavy (non-hydrogen) atoms. The number of carbonyl (C=O) groups excluding carboxylic acids is 2. The number of hydrogen-bond donors (Lipinski definition) is 0. The van der Waals surface area contributed by atoms with Crippen molar-refractivity contribution in [1.82, 2.24) is 9.80 Å². The standard InChI is InChI=1S/C17H32N2O2/c1-17(2,3)15(20)13-9-7-8-10-14(13)16(21)19(6)12-11-18(4)5/h13-14H,7-12H2,1-6H3/t13-,14?/m1/s1. The van der Waals surface area contributed by atoms with Crippen molar-refractivity contribution in [1.29, 1.82) is 0 Å². The third-order valence-electron chi connectivity index (χ3n) is 4.42. The first-order chi connectivity index (χ1) is 9.64. The van der Waals surface area contributed by atoms with Crippen LogP contribution >= 0.6 is 0 Å². The van der Waals surface area contributed by atoms with Gasteiger partial charge in [0.1, 0.15) is 5.78 Å². The summed E-state index contributed by atoms with van der Waals surface area (Å²) in [6, 6.07) is 0. The molecule has 1 aliphatic rings. The normalized spacial score (nSPS) is 23.2. The molecule has 1 aliphatic carbocycles. The van der Waals surface area contributed by atoms with E-state index in [0.717, 1.165) is 38.8 Å². The lowest BCUT2D eigenvalue weighted by Gasteiger charge is -2.35. The second-order valence-corrected chi connectivity index (χ2v) is 7.67. The molecule has 4 heteroatoms. The molecule has 0 saturated heterocycles. The first kappa shape index (κ1) is 18.1. The molecule has 4 nitrogen and oxygen atoms in total. The number of rotatable bonds is 5. The van der Waals surface area contributed by atoms with Crippen molar-refractivity contribution in [3.63, 3.8) is 0 Å². The van der Waals surface area contributed by atoms with Gasteiger partial charge in [-0.05, 0) is 26.9 Å². The summed E-state index contributed by atoms with van der Waals surface area (Å²) >= 11 is 0. The fraction of sp³-hybridized carbons (Fsp3) is 0.882. The van der Waals surface area contributed by atoms with E-state index < -0.39 is 0 Å². The van der Waals surface area contributed by atoms with Crippen LogP contribution in [0.15, 0.2) is 0 Å². The average Bonchev–Trinajstić information content (AvgIpc) is 2.42. The fourth-order valence-electron chi connectivity index (χ4n) is 3.04. The highest BCUT2D eigenvalue weighted by Gasteiger charge is 2.40. The Hall–Kier alpha value is -0.900. The van der Waals surface area contributed by atoms with E-state index in [4.69, 9.17) is 0 Å². The van der Waals surface area contributed by atoms with Gasteiger partial charge in [0.25, 0.3) is 0 Å². The van der Waals surface area contributed by atoms with Gasteiger partial charge in [0.2, 0.25) is 5.91 Å². The number of amides is 1. The number of Topliss-reactive ketones (excluding diaryl/α,β-unsaturated/α-hetero) is 1. The number of hydrogen-bond acceptors (Lipinski definition) is 3. The SMILES string of the molecule is CN(C)CCN(C)C(=O)C1CCCC[C@H]1C(=O)C(C)(C)C. The van der Waals surface area contributed by atoms with Gasteiger partial charge in [-0.1, -0.05) is 33.6 Å². The van der Waals surface area contributed by atoms with Gasteiger partial charge in [0.15, 0.2) is 0 Å². The maximum atomic E-state index is 12.7. The molecule has 1 amide bonds. The van der Waals surface area contributed by atoms with Crippen molar-refractivity contribution in [2.24, 2.45) is 17.3 Å². The molecule has 1 saturated carbocycles. The van der Waals surface area contributed by atoms with Gasteiger partial charge >= 0.3 is 0 Å². The van der Waals surface area contributed by atoms with Crippen molar-refractivity contribution in [2.45, 2.75) is 46.5 Å². The first-order valence-electron chi connectivity index (χ1n) is 8.08. The molecular formula is C17H32N2O2. The summed E-state index contributed by atoms with van der Waals surface area (Å²) in [6.45, 7) is 7.45. The monoisotopic (exact) mass is 296 g/mol. The molecular weight excluding hydrogens is 264 g/mol. The van der Waals surface area contributed by atoms with Crippen molar-refractivity contribution >= 4 is 11.7 Å². The van der Waals surface area contributed by atoms with Crippen LogP contribution in [-0.2, 0) is 9.59 Å². The summed E-state index contributed by atoms with van der Waals surface area (Å²) in [6.07, 6.45) is 3.86. The maximum absolute atomic E-state index is 12.7. The second kappa shape index (κ2) is 7.39. The molecule has 0 N–H and O–H groups in total. The zero-order valence-corrected chi connectivity index (χ0v) is 14.6. The van der Waals surface area contributed by atoms with Gasteiger partial charge < -0.3 is 9.80 Å². The van der Waals surface area contributed by atoms with E-state index in [-0.39, 0.29) is 28.9 Å². The molecule has 0 radical (unpaired) electrons. The molecule has 0 aromatic rings. The molecule has 2 atom stereocenters. The predicted octanol–water partition coefficient (Wildman–Crippen LogP) is 2.43. The van der Waals surface area contributed by atoms with Gasteiger partial charge in [-0.15, -0.1) is 0 Å². The van der Waals surface area contributed by atoms with Crippen LogP contribution in [0.3, 0.4) is 0 Å². The lowest BCUT2D eigenvalue weighted by molar-refractivity contribution is -0.144. The van der Waals surface area contributed by atoms with Crippen LogP contribution in [0.25, 0.3) is 0 Å². The third-order valence-corrected chi connectivity index (χ3v) is 4.42. The van der Waals surface area contributed by atoms with Gasteiger partial charge in [0, 0.05) is 37.4 Å². The second-order valence-electron chi connectivity index (χ2n) is 7.67. The molecule has 0 heterocycles. The Kier molecular flexibility index (Phi) is 6.39.